The predicted molar refractivity (Wildman–Crippen MR) is 143 cm³/mol. The van der Waals surface area contributed by atoms with E-state index in [1.807, 2.05) is 20.9 Å². The topological polar surface area (TPSA) is 102 Å². The lowest BCUT2D eigenvalue weighted by atomic mass is 10.1. The smallest absolute Gasteiger partial charge is 0.322 e. The lowest BCUT2D eigenvalue weighted by Crippen LogP contribution is -2.25. The average Bonchev–Trinajstić information content (AvgIpc) is 3.49. The minimum Gasteiger partial charge on any atom is -0.322 e. The van der Waals surface area contributed by atoms with Gasteiger partial charge in [-0.25, -0.2) is 4.68 Å². The fourth-order valence-corrected chi connectivity index (χ4v) is 4.27. The molecule has 0 aliphatic heterocycles. The zero-order valence-corrected chi connectivity index (χ0v) is 22.6. The van der Waals surface area contributed by atoms with E-state index in [2.05, 4.69) is 31.4 Å². The summed E-state index contributed by atoms with van der Waals surface area (Å²) in [6, 6.07) is 7.22. The maximum atomic E-state index is 13.7. The molecule has 206 valence electrons. The summed E-state index contributed by atoms with van der Waals surface area (Å²) in [6.07, 6.45) is -1.26. The van der Waals surface area contributed by atoms with E-state index in [0.29, 0.717) is 24.5 Å². The molecule has 4 aromatic rings. The maximum Gasteiger partial charge on any atom is 0.417 e. The highest BCUT2D eigenvalue weighted by Gasteiger charge is 2.35. The monoisotopic (exact) mass is 560 g/mol. The van der Waals surface area contributed by atoms with Gasteiger partial charge in [-0.3, -0.25) is 9.48 Å². The Morgan fingerprint density at radius 2 is 1.90 bits per heavy atom. The molecule has 39 heavy (non-hydrogen) atoms. The van der Waals surface area contributed by atoms with Crippen molar-refractivity contribution < 1.29 is 18.0 Å². The highest BCUT2D eigenvalue weighted by Crippen LogP contribution is 2.38. The first kappa shape index (κ1) is 28.3. The van der Waals surface area contributed by atoms with E-state index < -0.39 is 22.7 Å². The number of nitrogens with zero attached hydrogens (tertiary/aromatic N) is 5. The van der Waals surface area contributed by atoms with Crippen molar-refractivity contribution in [2.24, 2.45) is 7.05 Å². The van der Waals surface area contributed by atoms with Crippen molar-refractivity contribution in [2.45, 2.75) is 26.6 Å². The molecule has 3 N–H and O–H groups in total. The molecular weight excluding hydrogens is 533 g/mol. The Morgan fingerprint density at radius 3 is 2.56 bits per heavy atom. The minimum atomic E-state index is -4.69. The number of aryl methyl sites for hydroxylation is 2. The van der Waals surface area contributed by atoms with Crippen molar-refractivity contribution in [3.8, 4) is 16.9 Å². The molecule has 0 fully saturated rings. The molecule has 0 saturated heterocycles. The molecule has 0 radical (unpaired) electrons. The first-order valence-electron chi connectivity index (χ1n) is 12.1. The van der Waals surface area contributed by atoms with Crippen molar-refractivity contribution in [2.75, 3.05) is 25.5 Å². The van der Waals surface area contributed by atoms with E-state index in [4.69, 9.17) is 11.6 Å². The number of aromatic nitrogens is 5. The molecule has 0 bridgehead atoms. The maximum absolute atomic E-state index is 13.7. The van der Waals surface area contributed by atoms with Gasteiger partial charge >= 0.3 is 6.18 Å². The molecule has 0 unspecified atom stereocenters. The number of hydrogen-bond acceptors (Lipinski definition) is 6. The summed E-state index contributed by atoms with van der Waals surface area (Å²) in [7, 11) is 3.60. The summed E-state index contributed by atoms with van der Waals surface area (Å²) >= 11 is 6.09. The fraction of sp³-hybridized carbons (Fsp3) is 0.308. The van der Waals surface area contributed by atoms with Crippen LogP contribution in [0.2, 0.25) is 5.02 Å². The van der Waals surface area contributed by atoms with E-state index in [-0.39, 0.29) is 23.4 Å². The van der Waals surface area contributed by atoms with E-state index in [9.17, 15) is 18.0 Å². The molecule has 0 aliphatic carbocycles. The van der Waals surface area contributed by atoms with E-state index in [1.165, 1.54) is 6.07 Å². The van der Waals surface area contributed by atoms with Crippen molar-refractivity contribution in [1.82, 2.24) is 35.4 Å². The van der Waals surface area contributed by atoms with Gasteiger partial charge in [0.1, 0.15) is 5.69 Å². The summed E-state index contributed by atoms with van der Waals surface area (Å²) in [5, 5.41) is 20.8. The van der Waals surface area contributed by atoms with Crippen LogP contribution in [0.25, 0.3) is 16.9 Å². The van der Waals surface area contributed by atoms with E-state index >= 15 is 0 Å². The number of carbonyl (C=O) groups excluding carboxylic acids is 1. The quantitative estimate of drug-likeness (QED) is 0.260. The number of carbonyl (C=O) groups is 1. The Morgan fingerprint density at radius 1 is 1.13 bits per heavy atom. The molecule has 0 saturated carbocycles. The zero-order chi connectivity index (χ0) is 28.3. The summed E-state index contributed by atoms with van der Waals surface area (Å²) in [5.74, 6) is -0.579. The van der Waals surface area contributed by atoms with Gasteiger partial charge in [-0.05, 0) is 56.3 Å². The number of halogens is 4. The Labute approximate surface area is 228 Å². The molecule has 2 heterocycles. The SMILES string of the molecule is CNCCNCc1cc(NC(=O)c2ccc(C)c(-n3cc(-c4cnn(C)c4C)nn3)c2)cc(C(F)(F)F)c1Cl. The Balaban J connectivity index is 1.61. The molecule has 9 nitrogen and oxygen atoms in total. The molecule has 4 rings (SSSR count). The van der Waals surface area contributed by atoms with Gasteiger partial charge < -0.3 is 16.0 Å². The molecule has 0 atom stereocenters. The van der Waals surface area contributed by atoms with E-state index in [0.717, 1.165) is 22.9 Å². The summed E-state index contributed by atoms with van der Waals surface area (Å²) in [4.78, 5) is 13.1. The largest absolute Gasteiger partial charge is 0.417 e. The lowest BCUT2D eigenvalue weighted by Gasteiger charge is -2.16. The van der Waals surface area contributed by atoms with E-state index in [1.54, 1.807) is 47.0 Å². The standard InChI is InChI=1S/C26H28ClF3N8O/c1-15-5-6-17(10-23(15)38-14-22(35-36-38)20-13-33-37(4)16(20)2)25(39)34-19-9-18(12-32-8-7-31-3)24(27)21(11-19)26(28,29)30/h5-6,9-11,13-14,31-32H,7-8,12H2,1-4H3,(H,34,39). The molecule has 13 heteroatoms. The van der Waals surface area contributed by atoms with Crippen molar-refractivity contribution in [3.05, 3.63) is 75.7 Å². The number of hydrogen-bond donors (Lipinski definition) is 3. The van der Waals surface area contributed by atoms with Crippen LogP contribution < -0.4 is 16.0 Å². The predicted octanol–water partition coefficient (Wildman–Crippen LogP) is 4.52. The Hall–Kier alpha value is -3.74. The van der Waals surface area contributed by atoms with Crippen molar-refractivity contribution in [1.29, 1.82) is 0 Å². The number of rotatable bonds is 9. The summed E-state index contributed by atoms with van der Waals surface area (Å²) in [5.41, 5.74) is 3.23. The molecular formula is C26H28ClF3N8O. The van der Waals surface area contributed by atoms with Gasteiger partial charge in [-0.2, -0.15) is 18.3 Å². The highest BCUT2D eigenvalue weighted by molar-refractivity contribution is 6.32. The van der Waals surface area contributed by atoms with Crippen LogP contribution in [0.5, 0.6) is 0 Å². The van der Waals surface area contributed by atoms with Gasteiger partial charge in [-0.1, -0.05) is 22.9 Å². The van der Waals surface area contributed by atoms with Crippen LogP contribution in [0.1, 0.15) is 32.7 Å². The van der Waals surface area contributed by atoms with Crippen LogP contribution in [0.3, 0.4) is 0 Å². The lowest BCUT2D eigenvalue weighted by molar-refractivity contribution is -0.137. The van der Waals surface area contributed by atoms with Gasteiger partial charge in [-0.15, -0.1) is 5.10 Å². The van der Waals surface area contributed by atoms with Gasteiger partial charge in [0.25, 0.3) is 5.91 Å². The third-order valence-electron chi connectivity index (χ3n) is 6.30. The number of anilines is 1. The molecule has 2 aromatic carbocycles. The number of alkyl halides is 3. The number of benzene rings is 2. The highest BCUT2D eigenvalue weighted by atomic mass is 35.5. The number of likely N-dealkylation sites (N-methyl/N-ethyl adjacent to an activating group) is 1. The normalized spacial score (nSPS) is 11.7. The molecule has 0 spiro atoms. The van der Waals surface area contributed by atoms with Crippen LogP contribution in [-0.2, 0) is 19.8 Å². The second-order valence-corrected chi connectivity index (χ2v) is 9.42. The van der Waals surface area contributed by atoms with Gasteiger partial charge in [0.15, 0.2) is 0 Å². The number of nitrogens with one attached hydrogen (secondary N) is 3. The molecule has 0 aliphatic rings. The van der Waals surface area contributed by atoms with Crippen LogP contribution in [-0.4, -0.2) is 50.8 Å². The van der Waals surface area contributed by atoms with Gasteiger partial charge in [0.2, 0.25) is 0 Å². The van der Waals surface area contributed by atoms with Crippen LogP contribution in [0.15, 0.2) is 42.7 Å². The van der Waals surface area contributed by atoms with Gasteiger partial charge in [0.05, 0.1) is 28.7 Å². The second kappa shape index (κ2) is 11.6. The van der Waals surface area contributed by atoms with Crippen LogP contribution in [0.4, 0.5) is 18.9 Å². The molecule has 2 aromatic heterocycles. The minimum absolute atomic E-state index is 0.0145. The Bertz CT molecular complexity index is 1500. The summed E-state index contributed by atoms with van der Waals surface area (Å²) in [6.45, 7) is 5.04. The molecule has 1 amide bonds. The second-order valence-electron chi connectivity index (χ2n) is 9.05. The third kappa shape index (κ3) is 6.29. The average molecular weight is 561 g/mol. The van der Waals surface area contributed by atoms with Crippen molar-refractivity contribution in [3.63, 3.8) is 0 Å². The third-order valence-corrected chi connectivity index (χ3v) is 6.75. The first-order chi connectivity index (χ1) is 18.5. The fourth-order valence-electron chi connectivity index (χ4n) is 3.98. The van der Waals surface area contributed by atoms with Crippen LogP contribution in [0, 0.1) is 13.8 Å². The first-order valence-corrected chi connectivity index (χ1v) is 12.5. The Kier molecular flexibility index (Phi) is 8.38. The van der Waals surface area contributed by atoms with Crippen molar-refractivity contribution >= 4 is 23.2 Å². The number of amides is 1. The van der Waals surface area contributed by atoms with Crippen LogP contribution >= 0.6 is 11.6 Å². The zero-order valence-electron chi connectivity index (χ0n) is 21.8. The van der Waals surface area contributed by atoms with Gasteiger partial charge in [0, 0.05) is 49.2 Å². The summed E-state index contributed by atoms with van der Waals surface area (Å²) < 4.78 is 44.4.